The largest absolute Gasteiger partial charge is 0.497 e. The number of nitrogens with one attached hydrogen (secondary N) is 2. The summed E-state index contributed by atoms with van der Waals surface area (Å²) in [6, 6.07) is 15.3. The molecule has 0 aliphatic carbocycles. The molecule has 7 nitrogen and oxygen atoms in total. The van der Waals surface area contributed by atoms with E-state index in [9.17, 15) is 4.79 Å². The number of amides is 1. The Morgan fingerprint density at radius 1 is 1.33 bits per heavy atom. The highest BCUT2D eigenvalue weighted by Crippen LogP contribution is 2.26. The van der Waals surface area contributed by atoms with E-state index in [0.29, 0.717) is 11.6 Å². The third kappa shape index (κ3) is 4.64. The standard InChI is InChI=1S/C19H18IN5O2/c1-27-15-4-2-3-13(9-15)11-22-18-16(17(21)26)19(25-24-18)23-14-7-5-12(10-20)6-8-14/h2-9,11H,10H2,1H3,(H2,21,26)(H2,23,24,25). The molecular weight excluding hydrogens is 457 g/mol. The zero-order valence-corrected chi connectivity index (χ0v) is 16.7. The molecule has 0 radical (unpaired) electrons. The molecule has 1 aromatic heterocycles. The average Bonchev–Trinajstić information content (AvgIpc) is 3.10. The molecular formula is C19H18IN5O2. The highest BCUT2D eigenvalue weighted by molar-refractivity contribution is 14.1. The lowest BCUT2D eigenvalue weighted by Gasteiger charge is -2.06. The molecule has 138 valence electrons. The highest BCUT2D eigenvalue weighted by Gasteiger charge is 2.18. The molecule has 0 bridgehead atoms. The lowest BCUT2D eigenvalue weighted by molar-refractivity contribution is 0.100. The highest BCUT2D eigenvalue weighted by atomic mass is 127. The monoisotopic (exact) mass is 475 g/mol. The van der Waals surface area contributed by atoms with E-state index in [0.717, 1.165) is 15.7 Å². The number of hydrogen-bond donors (Lipinski definition) is 3. The number of aliphatic imine (C=N–C) groups is 1. The Labute approximate surface area is 170 Å². The zero-order valence-electron chi connectivity index (χ0n) is 14.6. The fourth-order valence-electron chi connectivity index (χ4n) is 2.43. The van der Waals surface area contributed by atoms with Crippen LogP contribution >= 0.6 is 22.6 Å². The van der Waals surface area contributed by atoms with E-state index in [4.69, 9.17) is 10.5 Å². The number of hydrogen-bond acceptors (Lipinski definition) is 5. The second-order valence-electron chi connectivity index (χ2n) is 5.65. The molecule has 0 atom stereocenters. The number of benzene rings is 2. The van der Waals surface area contributed by atoms with Crippen molar-refractivity contribution in [2.45, 2.75) is 4.43 Å². The van der Waals surface area contributed by atoms with E-state index in [1.807, 2.05) is 48.5 Å². The number of aromatic nitrogens is 2. The fraction of sp³-hybridized carbons (Fsp3) is 0.105. The maximum absolute atomic E-state index is 11.9. The molecule has 0 spiro atoms. The van der Waals surface area contributed by atoms with Gasteiger partial charge in [-0.1, -0.05) is 46.9 Å². The SMILES string of the molecule is COc1cccc(C=Nc2n[nH]c(Nc3ccc(CI)cc3)c2C(N)=O)c1. The van der Waals surface area contributed by atoms with Crippen molar-refractivity contribution in [3.63, 3.8) is 0 Å². The quantitative estimate of drug-likeness (QED) is 0.274. The van der Waals surface area contributed by atoms with Gasteiger partial charge in [0.15, 0.2) is 5.82 Å². The molecule has 4 N–H and O–H groups in total. The Morgan fingerprint density at radius 2 is 2.11 bits per heavy atom. The minimum atomic E-state index is -0.618. The number of carbonyl (C=O) groups is 1. The van der Waals surface area contributed by atoms with Gasteiger partial charge in [-0.3, -0.25) is 9.89 Å². The Kier molecular flexibility index (Phi) is 6.07. The predicted octanol–water partition coefficient (Wildman–Crippen LogP) is 3.95. The predicted molar refractivity (Wildman–Crippen MR) is 115 cm³/mol. The van der Waals surface area contributed by atoms with Gasteiger partial charge >= 0.3 is 0 Å². The molecule has 1 amide bonds. The summed E-state index contributed by atoms with van der Waals surface area (Å²) in [6.45, 7) is 0. The maximum Gasteiger partial charge on any atom is 0.256 e. The minimum absolute atomic E-state index is 0.201. The number of primary amides is 1. The van der Waals surface area contributed by atoms with E-state index >= 15 is 0 Å². The van der Waals surface area contributed by atoms with Crippen molar-refractivity contribution >= 4 is 52.0 Å². The summed E-state index contributed by atoms with van der Waals surface area (Å²) in [7, 11) is 1.60. The maximum atomic E-state index is 11.9. The molecule has 8 heteroatoms. The first-order valence-corrected chi connectivity index (χ1v) is 9.61. The van der Waals surface area contributed by atoms with Crippen LogP contribution in [0, 0.1) is 0 Å². The van der Waals surface area contributed by atoms with E-state index < -0.39 is 5.91 Å². The van der Waals surface area contributed by atoms with E-state index in [1.165, 1.54) is 5.56 Å². The van der Waals surface area contributed by atoms with Crippen molar-refractivity contribution < 1.29 is 9.53 Å². The summed E-state index contributed by atoms with van der Waals surface area (Å²) in [5.74, 6) is 0.723. The Balaban J connectivity index is 1.86. The summed E-state index contributed by atoms with van der Waals surface area (Å²) in [5.41, 5.74) is 8.59. The van der Waals surface area contributed by atoms with Crippen LogP contribution in [0.2, 0.25) is 0 Å². The van der Waals surface area contributed by atoms with Gasteiger partial charge < -0.3 is 15.8 Å². The zero-order chi connectivity index (χ0) is 19.2. The second-order valence-corrected chi connectivity index (χ2v) is 6.41. The average molecular weight is 475 g/mol. The summed E-state index contributed by atoms with van der Waals surface area (Å²) in [4.78, 5) is 16.2. The topological polar surface area (TPSA) is 105 Å². The summed E-state index contributed by atoms with van der Waals surface area (Å²) >= 11 is 2.30. The Hall–Kier alpha value is -2.88. The van der Waals surface area contributed by atoms with Gasteiger partial charge in [0.05, 0.1) is 7.11 Å². The molecule has 3 aromatic rings. The van der Waals surface area contributed by atoms with Gasteiger partial charge in [-0.2, -0.15) is 5.10 Å². The number of anilines is 2. The van der Waals surface area contributed by atoms with Gasteiger partial charge in [0, 0.05) is 16.3 Å². The third-order valence-corrected chi connectivity index (χ3v) is 4.68. The summed E-state index contributed by atoms with van der Waals surface area (Å²) < 4.78 is 6.12. The minimum Gasteiger partial charge on any atom is -0.497 e. The molecule has 0 unspecified atom stereocenters. The molecule has 0 saturated heterocycles. The van der Waals surface area contributed by atoms with Crippen LogP contribution in [0.3, 0.4) is 0 Å². The van der Waals surface area contributed by atoms with Crippen molar-refractivity contribution in [1.82, 2.24) is 10.2 Å². The fourth-order valence-corrected chi connectivity index (χ4v) is 2.94. The number of rotatable bonds is 7. The summed E-state index contributed by atoms with van der Waals surface area (Å²) in [6.07, 6.45) is 1.60. The molecule has 0 aliphatic heterocycles. The van der Waals surface area contributed by atoms with Crippen molar-refractivity contribution in [2.24, 2.45) is 10.7 Å². The van der Waals surface area contributed by atoms with Crippen molar-refractivity contribution in [3.8, 4) is 5.75 Å². The number of halogens is 1. The normalized spacial score (nSPS) is 10.9. The number of aromatic amines is 1. The number of carbonyl (C=O) groups excluding carboxylic acids is 1. The molecule has 0 aliphatic rings. The van der Waals surface area contributed by atoms with Crippen molar-refractivity contribution in [2.75, 3.05) is 12.4 Å². The van der Waals surface area contributed by atoms with Gasteiger partial charge in [-0.25, -0.2) is 4.99 Å². The van der Waals surface area contributed by atoms with Crippen LogP contribution in [0.15, 0.2) is 53.5 Å². The first-order valence-electron chi connectivity index (χ1n) is 8.09. The first kappa shape index (κ1) is 18.9. The summed E-state index contributed by atoms with van der Waals surface area (Å²) in [5, 5.41) is 10.0. The Morgan fingerprint density at radius 3 is 2.78 bits per heavy atom. The van der Waals surface area contributed by atoms with Gasteiger partial charge in [0.2, 0.25) is 0 Å². The Bertz CT molecular complexity index is 966. The number of alkyl halides is 1. The van der Waals surface area contributed by atoms with Crippen LogP contribution in [0.25, 0.3) is 0 Å². The van der Waals surface area contributed by atoms with Crippen LogP contribution in [0.5, 0.6) is 5.75 Å². The molecule has 0 saturated carbocycles. The number of ether oxygens (including phenoxy) is 1. The third-order valence-electron chi connectivity index (χ3n) is 3.80. The van der Waals surface area contributed by atoms with Crippen molar-refractivity contribution in [1.29, 1.82) is 0 Å². The molecule has 1 heterocycles. The molecule has 2 aromatic carbocycles. The van der Waals surface area contributed by atoms with E-state index in [-0.39, 0.29) is 11.4 Å². The molecule has 3 rings (SSSR count). The molecule has 0 fully saturated rings. The lowest BCUT2D eigenvalue weighted by atomic mass is 10.2. The van der Waals surface area contributed by atoms with Gasteiger partial charge in [-0.15, -0.1) is 0 Å². The second kappa shape index (κ2) is 8.67. The van der Waals surface area contributed by atoms with Gasteiger partial charge in [0.1, 0.15) is 17.1 Å². The number of nitrogens with two attached hydrogens (primary N) is 1. The number of nitrogens with zero attached hydrogens (tertiary/aromatic N) is 2. The van der Waals surface area contributed by atoms with Crippen LogP contribution in [-0.4, -0.2) is 29.4 Å². The number of H-pyrrole nitrogens is 1. The smallest absolute Gasteiger partial charge is 0.256 e. The van der Waals surface area contributed by atoms with Gasteiger partial charge in [0.25, 0.3) is 5.91 Å². The van der Waals surface area contributed by atoms with Crippen LogP contribution in [0.4, 0.5) is 17.3 Å². The van der Waals surface area contributed by atoms with Crippen LogP contribution < -0.4 is 15.8 Å². The van der Waals surface area contributed by atoms with Crippen LogP contribution in [0.1, 0.15) is 21.5 Å². The molecule has 27 heavy (non-hydrogen) atoms. The van der Waals surface area contributed by atoms with Crippen molar-refractivity contribution in [3.05, 3.63) is 65.2 Å². The van der Waals surface area contributed by atoms with Crippen LogP contribution in [-0.2, 0) is 4.43 Å². The van der Waals surface area contributed by atoms with E-state index in [1.54, 1.807) is 13.3 Å². The number of methoxy groups -OCH3 is 1. The van der Waals surface area contributed by atoms with Gasteiger partial charge in [-0.05, 0) is 35.4 Å². The first-order chi connectivity index (χ1) is 13.1. The van der Waals surface area contributed by atoms with E-state index in [2.05, 4.69) is 43.1 Å². The lowest BCUT2D eigenvalue weighted by Crippen LogP contribution is -2.12.